The zero-order valence-electron chi connectivity index (χ0n) is 25.2. The monoisotopic (exact) mass is 599 g/mol. The van der Waals surface area contributed by atoms with Gasteiger partial charge in [0.25, 0.3) is 0 Å². The molecule has 3 aromatic heterocycles. The molecule has 10 rings (SSSR count). The number of hydrogen-bond donors (Lipinski definition) is 0. The van der Waals surface area contributed by atoms with Crippen molar-refractivity contribution in [2.24, 2.45) is 0 Å². The lowest BCUT2D eigenvalue weighted by atomic mass is 10.0. The Kier molecular flexibility index (Phi) is 5.32. The summed E-state index contributed by atoms with van der Waals surface area (Å²) in [6.45, 7) is 8.19. The number of nitrogens with zero attached hydrogens (tertiary/aromatic N) is 3. The molecule has 4 heteroatoms. The maximum atomic E-state index is 8.19. The Morgan fingerprint density at radius 3 is 1.74 bits per heavy atom. The molecule has 10 aromatic rings. The van der Waals surface area contributed by atoms with Crippen LogP contribution in [-0.2, 0) is 0 Å². The van der Waals surface area contributed by atoms with Crippen molar-refractivity contribution in [2.75, 3.05) is 0 Å². The maximum absolute atomic E-state index is 8.19. The standard InChI is InChI=1S/C43H25N3O/c1-44-36-23-22-27(45-37-17-7-5-15-31(37)34-25-35-32-16-6-11-21-42(32)47-43(35)26-41(34)45)24-33(36)30-14-4-10-20-40(30)46-38-18-8-2-12-28(38)29-13-3-9-19-39(29)46/h2-26H. The SMILES string of the molecule is [C-]#[N+]c1ccc(-n2c3ccccc3c3cc4c(cc32)oc2ccccc24)cc1-c1ccccc1-n1c2ccccc2c2ccccc21. The number of rotatable bonds is 3. The van der Waals surface area contributed by atoms with Gasteiger partial charge >= 0.3 is 0 Å². The van der Waals surface area contributed by atoms with Gasteiger partial charge in [0.15, 0.2) is 5.69 Å². The third kappa shape index (κ3) is 3.63. The highest BCUT2D eigenvalue weighted by atomic mass is 16.3. The van der Waals surface area contributed by atoms with Gasteiger partial charge in [-0.3, -0.25) is 0 Å². The van der Waals surface area contributed by atoms with Gasteiger partial charge < -0.3 is 13.6 Å². The number of hydrogen-bond acceptors (Lipinski definition) is 1. The number of benzene rings is 7. The summed E-state index contributed by atoms with van der Waals surface area (Å²) in [5.41, 5.74) is 10.7. The Labute approximate surface area is 269 Å². The minimum atomic E-state index is 0.613. The third-order valence-electron chi connectivity index (χ3n) is 9.55. The van der Waals surface area contributed by atoms with E-state index in [1.54, 1.807) is 0 Å². The van der Waals surface area contributed by atoms with Crippen LogP contribution in [0.15, 0.2) is 156 Å². The van der Waals surface area contributed by atoms with E-state index in [0.717, 1.165) is 66.5 Å². The molecule has 0 aliphatic carbocycles. The first-order valence-corrected chi connectivity index (χ1v) is 15.7. The molecule has 4 nitrogen and oxygen atoms in total. The molecule has 0 amide bonds. The van der Waals surface area contributed by atoms with Crippen LogP contribution in [0.2, 0.25) is 0 Å². The Hall–Kier alpha value is -6.57. The van der Waals surface area contributed by atoms with E-state index in [0.29, 0.717) is 5.69 Å². The van der Waals surface area contributed by atoms with Crippen LogP contribution in [0.5, 0.6) is 0 Å². The normalized spacial score (nSPS) is 11.8. The van der Waals surface area contributed by atoms with Crippen molar-refractivity contribution < 1.29 is 4.42 Å². The summed E-state index contributed by atoms with van der Waals surface area (Å²) in [7, 11) is 0. The minimum Gasteiger partial charge on any atom is -0.456 e. The van der Waals surface area contributed by atoms with Crippen molar-refractivity contribution in [1.29, 1.82) is 0 Å². The Balaban J connectivity index is 1.26. The largest absolute Gasteiger partial charge is 0.456 e. The zero-order valence-corrected chi connectivity index (χ0v) is 25.2. The fourth-order valence-corrected chi connectivity index (χ4v) is 7.52. The molecule has 0 unspecified atom stereocenters. The minimum absolute atomic E-state index is 0.613. The lowest BCUT2D eigenvalue weighted by Crippen LogP contribution is -1.98. The van der Waals surface area contributed by atoms with Crippen molar-refractivity contribution in [3.05, 3.63) is 163 Å². The predicted molar refractivity (Wildman–Crippen MR) is 194 cm³/mol. The van der Waals surface area contributed by atoms with E-state index in [4.69, 9.17) is 11.0 Å². The fraction of sp³-hybridized carbons (Fsp3) is 0. The van der Waals surface area contributed by atoms with Crippen molar-refractivity contribution in [2.45, 2.75) is 0 Å². The van der Waals surface area contributed by atoms with Gasteiger partial charge in [0, 0.05) is 44.1 Å². The van der Waals surface area contributed by atoms with E-state index in [2.05, 4.69) is 147 Å². The molecule has 47 heavy (non-hydrogen) atoms. The molecular weight excluding hydrogens is 574 g/mol. The summed E-state index contributed by atoms with van der Waals surface area (Å²) in [4.78, 5) is 4.02. The van der Waals surface area contributed by atoms with Crippen molar-refractivity contribution in [1.82, 2.24) is 9.13 Å². The number of fused-ring (bicyclic) bond motifs is 9. The van der Waals surface area contributed by atoms with Crippen LogP contribution in [0.4, 0.5) is 5.69 Å². The smallest absolute Gasteiger partial charge is 0.195 e. The highest BCUT2D eigenvalue weighted by Crippen LogP contribution is 2.42. The first kappa shape index (κ1) is 25.7. The second-order valence-electron chi connectivity index (χ2n) is 12.0. The molecule has 0 atom stereocenters. The van der Waals surface area contributed by atoms with E-state index in [9.17, 15) is 0 Å². The van der Waals surface area contributed by atoms with Gasteiger partial charge in [-0.15, -0.1) is 0 Å². The summed E-state index contributed by atoms with van der Waals surface area (Å²) in [6.07, 6.45) is 0. The molecule has 0 saturated carbocycles. The molecule has 0 fully saturated rings. The third-order valence-corrected chi connectivity index (χ3v) is 9.55. The highest BCUT2D eigenvalue weighted by molar-refractivity contribution is 6.17. The number of aromatic nitrogens is 2. The maximum Gasteiger partial charge on any atom is 0.195 e. The summed E-state index contributed by atoms with van der Waals surface area (Å²) in [5, 5.41) is 6.99. The van der Waals surface area contributed by atoms with Gasteiger partial charge in [0.05, 0.1) is 34.3 Å². The van der Waals surface area contributed by atoms with Crippen molar-refractivity contribution >= 4 is 71.2 Å². The van der Waals surface area contributed by atoms with Gasteiger partial charge in [-0.05, 0) is 59.7 Å². The lowest BCUT2D eigenvalue weighted by Gasteiger charge is -2.17. The first-order chi connectivity index (χ1) is 23.3. The summed E-state index contributed by atoms with van der Waals surface area (Å²) in [6, 6.07) is 52.9. The van der Waals surface area contributed by atoms with Gasteiger partial charge in [0.2, 0.25) is 0 Å². The topological polar surface area (TPSA) is 27.4 Å². The van der Waals surface area contributed by atoms with E-state index in [1.807, 2.05) is 18.2 Å². The second-order valence-corrected chi connectivity index (χ2v) is 12.0. The van der Waals surface area contributed by atoms with Gasteiger partial charge in [-0.2, -0.15) is 0 Å². The summed E-state index contributed by atoms with van der Waals surface area (Å²) in [5.74, 6) is 0. The average Bonchev–Trinajstić information content (AvgIpc) is 3.77. The zero-order chi connectivity index (χ0) is 31.1. The van der Waals surface area contributed by atoms with Crippen LogP contribution in [-0.4, -0.2) is 9.13 Å². The van der Waals surface area contributed by atoms with Crippen LogP contribution in [0, 0.1) is 6.57 Å². The molecule has 218 valence electrons. The Bertz CT molecular complexity index is 2880. The molecule has 0 aliphatic rings. The van der Waals surface area contributed by atoms with Crippen LogP contribution in [0.3, 0.4) is 0 Å². The predicted octanol–water partition coefficient (Wildman–Crippen LogP) is 12.0. The van der Waals surface area contributed by atoms with Crippen LogP contribution < -0.4 is 0 Å². The Morgan fingerprint density at radius 2 is 1.02 bits per heavy atom. The number of furan rings is 1. The fourth-order valence-electron chi connectivity index (χ4n) is 7.52. The van der Waals surface area contributed by atoms with Gasteiger partial charge in [-0.25, -0.2) is 4.85 Å². The second kappa shape index (κ2) is 9.71. The molecule has 7 aromatic carbocycles. The van der Waals surface area contributed by atoms with Crippen molar-refractivity contribution in [3.8, 4) is 22.5 Å². The molecule has 0 bridgehead atoms. The van der Waals surface area contributed by atoms with Gasteiger partial charge in [0.1, 0.15) is 11.2 Å². The number of para-hydroxylation sites is 5. The molecule has 3 heterocycles. The van der Waals surface area contributed by atoms with E-state index < -0.39 is 0 Å². The van der Waals surface area contributed by atoms with Gasteiger partial charge in [-0.1, -0.05) is 97.1 Å². The molecule has 0 spiro atoms. The first-order valence-electron chi connectivity index (χ1n) is 15.7. The highest BCUT2D eigenvalue weighted by Gasteiger charge is 2.20. The van der Waals surface area contributed by atoms with E-state index in [-0.39, 0.29) is 0 Å². The molecule has 0 radical (unpaired) electrons. The van der Waals surface area contributed by atoms with Crippen LogP contribution in [0.1, 0.15) is 0 Å². The Morgan fingerprint density at radius 1 is 0.426 bits per heavy atom. The average molecular weight is 600 g/mol. The quantitative estimate of drug-likeness (QED) is 0.186. The van der Waals surface area contributed by atoms with E-state index >= 15 is 0 Å². The lowest BCUT2D eigenvalue weighted by molar-refractivity contribution is 0.669. The van der Waals surface area contributed by atoms with Crippen molar-refractivity contribution in [3.63, 3.8) is 0 Å². The summed E-state index contributed by atoms with van der Waals surface area (Å²) < 4.78 is 11.0. The molecular formula is C43H25N3O. The summed E-state index contributed by atoms with van der Waals surface area (Å²) >= 11 is 0. The van der Waals surface area contributed by atoms with Crippen LogP contribution >= 0.6 is 0 Å². The molecule has 0 N–H and O–H groups in total. The molecule has 0 saturated heterocycles. The van der Waals surface area contributed by atoms with Crippen LogP contribution in [0.25, 0.3) is 92.9 Å². The molecule has 0 aliphatic heterocycles. The van der Waals surface area contributed by atoms with E-state index in [1.165, 1.54) is 21.5 Å².